The number of rotatable bonds is 6. The van der Waals surface area contributed by atoms with Gasteiger partial charge in [0.05, 0.1) is 41.3 Å². The average molecular weight is 509 g/mol. The van der Waals surface area contributed by atoms with Crippen LogP contribution in [-0.4, -0.2) is 43.0 Å². The SMILES string of the molecule is COc1ncccc1-c1ccc(O)c(-c2nc3cc(C(=O)NCc4nc5cc(F)ccc5[nH]4)ccc3[nH]2)c1. The Morgan fingerprint density at radius 2 is 1.79 bits per heavy atom. The number of hydrogen-bond acceptors (Lipinski definition) is 6. The van der Waals surface area contributed by atoms with E-state index in [1.807, 2.05) is 12.1 Å². The van der Waals surface area contributed by atoms with Crippen LogP contribution in [0, 0.1) is 5.82 Å². The van der Waals surface area contributed by atoms with Gasteiger partial charge in [0.1, 0.15) is 23.2 Å². The number of aromatic amines is 2. The summed E-state index contributed by atoms with van der Waals surface area (Å²) in [5.41, 5.74) is 4.95. The number of nitrogens with zero attached hydrogens (tertiary/aromatic N) is 3. The molecule has 0 unspecified atom stereocenters. The molecule has 0 saturated heterocycles. The maximum Gasteiger partial charge on any atom is 0.251 e. The summed E-state index contributed by atoms with van der Waals surface area (Å²) >= 11 is 0. The normalized spacial score (nSPS) is 11.2. The van der Waals surface area contributed by atoms with Gasteiger partial charge in [-0.25, -0.2) is 19.3 Å². The lowest BCUT2D eigenvalue weighted by atomic mass is 10.0. The molecule has 0 radical (unpaired) electrons. The van der Waals surface area contributed by atoms with Crippen molar-refractivity contribution in [2.24, 2.45) is 0 Å². The predicted molar refractivity (Wildman–Crippen MR) is 140 cm³/mol. The zero-order valence-electron chi connectivity index (χ0n) is 20.1. The monoisotopic (exact) mass is 508 g/mol. The number of ether oxygens (including phenoxy) is 1. The number of aromatic nitrogens is 5. The molecule has 0 aliphatic carbocycles. The number of H-pyrrole nitrogens is 2. The third-order valence-corrected chi connectivity index (χ3v) is 6.18. The van der Waals surface area contributed by atoms with Crippen molar-refractivity contribution in [1.82, 2.24) is 30.2 Å². The van der Waals surface area contributed by atoms with Crippen molar-refractivity contribution in [3.63, 3.8) is 0 Å². The molecule has 38 heavy (non-hydrogen) atoms. The van der Waals surface area contributed by atoms with E-state index in [0.717, 1.165) is 11.1 Å². The van der Waals surface area contributed by atoms with E-state index in [-0.39, 0.29) is 24.0 Å². The molecule has 3 heterocycles. The van der Waals surface area contributed by atoms with Gasteiger partial charge < -0.3 is 25.1 Å². The van der Waals surface area contributed by atoms with Gasteiger partial charge in [0.15, 0.2) is 0 Å². The molecule has 10 heteroatoms. The van der Waals surface area contributed by atoms with Crippen molar-refractivity contribution < 1.29 is 19.0 Å². The van der Waals surface area contributed by atoms with E-state index in [9.17, 15) is 14.3 Å². The Balaban J connectivity index is 1.25. The molecule has 0 spiro atoms. The number of amides is 1. The van der Waals surface area contributed by atoms with Gasteiger partial charge in [-0.05, 0) is 60.2 Å². The third-order valence-electron chi connectivity index (χ3n) is 6.18. The molecular weight excluding hydrogens is 487 g/mol. The summed E-state index contributed by atoms with van der Waals surface area (Å²) in [7, 11) is 1.55. The molecule has 0 aliphatic rings. The third kappa shape index (κ3) is 4.28. The topological polar surface area (TPSA) is 129 Å². The summed E-state index contributed by atoms with van der Waals surface area (Å²) in [6.45, 7) is 0.150. The summed E-state index contributed by atoms with van der Waals surface area (Å²) in [6, 6.07) is 18.3. The molecule has 3 aromatic carbocycles. The number of fused-ring (bicyclic) bond motifs is 2. The molecule has 1 amide bonds. The van der Waals surface area contributed by atoms with E-state index in [1.54, 1.807) is 55.8 Å². The number of methoxy groups -OCH3 is 1. The highest BCUT2D eigenvalue weighted by Crippen LogP contribution is 2.35. The molecule has 188 valence electrons. The van der Waals surface area contributed by atoms with Crippen molar-refractivity contribution in [3.8, 4) is 34.1 Å². The molecule has 3 aromatic heterocycles. The van der Waals surface area contributed by atoms with Crippen LogP contribution < -0.4 is 10.1 Å². The van der Waals surface area contributed by atoms with Crippen LogP contribution in [0.15, 0.2) is 72.9 Å². The maximum atomic E-state index is 13.4. The highest BCUT2D eigenvalue weighted by atomic mass is 19.1. The zero-order valence-corrected chi connectivity index (χ0v) is 20.1. The lowest BCUT2D eigenvalue weighted by Gasteiger charge is -2.09. The quantitative estimate of drug-likeness (QED) is 0.252. The molecule has 0 saturated carbocycles. The summed E-state index contributed by atoms with van der Waals surface area (Å²) in [5.74, 6) is 0.815. The molecule has 0 bridgehead atoms. The standard InChI is InChI=1S/C28H21FN6O3/c1-38-28-18(3-2-10-30-28)15-5-9-24(36)19(11-15)26-34-21-7-4-16(12-22(21)35-26)27(37)31-14-25-32-20-8-6-17(29)13-23(20)33-25/h2-13,36H,14H2,1H3,(H,31,37)(H,32,33)(H,34,35). The van der Waals surface area contributed by atoms with Crippen LogP contribution in [0.1, 0.15) is 16.2 Å². The predicted octanol–water partition coefficient (Wildman–Crippen LogP) is 4.95. The molecule has 9 nitrogen and oxygen atoms in total. The fourth-order valence-corrected chi connectivity index (χ4v) is 4.32. The highest BCUT2D eigenvalue weighted by molar-refractivity contribution is 5.97. The minimum atomic E-state index is -0.372. The minimum Gasteiger partial charge on any atom is -0.507 e. The van der Waals surface area contributed by atoms with E-state index in [2.05, 4.69) is 30.2 Å². The van der Waals surface area contributed by atoms with Crippen LogP contribution in [0.2, 0.25) is 0 Å². The Kier molecular flexibility index (Phi) is 5.68. The Labute approximate surface area is 215 Å². The smallest absolute Gasteiger partial charge is 0.251 e. The average Bonchev–Trinajstić information content (AvgIpc) is 3.55. The van der Waals surface area contributed by atoms with Gasteiger partial charge in [0, 0.05) is 23.4 Å². The number of hydrogen-bond donors (Lipinski definition) is 4. The minimum absolute atomic E-state index is 0.0549. The van der Waals surface area contributed by atoms with Crippen molar-refractivity contribution in [2.75, 3.05) is 7.11 Å². The number of carbonyl (C=O) groups excluding carboxylic acids is 1. The fraction of sp³-hybridized carbons (Fsp3) is 0.0714. The Hall–Kier alpha value is -5.25. The van der Waals surface area contributed by atoms with Gasteiger partial charge in [-0.1, -0.05) is 6.07 Å². The number of benzene rings is 3. The summed E-state index contributed by atoms with van der Waals surface area (Å²) in [5, 5.41) is 13.4. The van der Waals surface area contributed by atoms with Gasteiger partial charge in [-0.2, -0.15) is 0 Å². The van der Waals surface area contributed by atoms with Crippen LogP contribution in [0.4, 0.5) is 4.39 Å². The molecule has 6 aromatic rings. The molecule has 4 N–H and O–H groups in total. The number of phenolic OH excluding ortho intramolecular Hbond substituents is 1. The zero-order chi connectivity index (χ0) is 26.2. The van der Waals surface area contributed by atoms with Gasteiger partial charge in [-0.3, -0.25) is 4.79 Å². The lowest BCUT2D eigenvalue weighted by Crippen LogP contribution is -2.23. The summed E-state index contributed by atoms with van der Waals surface area (Å²) < 4.78 is 18.8. The Morgan fingerprint density at radius 1 is 0.974 bits per heavy atom. The van der Waals surface area contributed by atoms with Gasteiger partial charge >= 0.3 is 0 Å². The Morgan fingerprint density at radius 3 is 2.66 bits per heavy atom. The van der Waals surface area contributed by atoms with E-state index < -0.39 is 0 Å². The second-order valence-corrected chi connectivity index (χ2v) is 8.64. The Bertz CT molecular complexity index is 1830. The first-order valence-corrected chi connectivity index (χ1v) is 11.7. The molecule has 0 atom stereocenters. The first-order chi connectivity index (χ1) is 18.5. The maximum absolute atomic E-state index is 13.4. The molecule has 6 rings (SSSR count). The lowest BCUT2D eigenvalue weighted by molar-refractivity contribution is 0.0950. The fourth-order valence-electron chi connectivity index (χ4n) is 4.32. The van der Waals surface area contributed by atoms with Crippen LogP contribution >= 0.6 is 0 Å². The first-order valence-electron chi connectivity index (χ1n) is 11.7. The number of pyridine rings is 1. The molecular formula is C28H21FN6O3. The van der Waals surface area contributed by atoms with Gasteiger partial charge in [0.2, 0.25) is 5.88 Å². The first kappa shape index (κ1) is 23.2. The van der Waals surface area contributed by atoms with E-state index >= 15 is 0 Å². The van der Waals surface area contributed by atoms with Gasteiger partial charge in [-0.15, -0.1) is 0 Å². The van der Waals surface area contributed by atoms with Gasteiger partial charge in [0.25, 0.3) is 5.91 Å². The molecule has 0 aliphatic heterocycles. The number of nitrogens with one attached hydrogen (secondary N) is 3. The van der Waals surface area contributed by atoms with Crippen molar-refractivity contribution in [2.45, 2.75) is 6.54 Å². The molecule has 0 fully saturated rings. The van der Waals surface area contributed by atoms with Crippen molar-refractivity contribution >= 4 is 28.0 Å². The van der Waals surface area contributed by atoms with Crippen LogP contribution in [0.3, 0.4) is 0 Å². The summed E-state index contributed by atoms with van der Waals surface area (Å²) in [4.78, 5) is 32.3. The van der Waals surface area contributed by atoms with Crippen LogP contribution in [-0.2, 0) is 6.54 Å². The number of aromatic hydroxyl groups is 1. The highest BCUT2D eigenvalue weighted by Gasteiger charge is 2.15. The van der Waals surface area contributed by atoms with E-state index in [1.165, 1.54) is 12.1 Å². The summed E-state index contributed by atoms with van der Waals surface area (Å²) in [6.07, 6.45) is 1.65. The van der Waals surface area contributed by atoms with Crippen molar-refractivity contribution in [1.29, 1.82) is 0 Å². The van der Waals surface area contributed by atoms with Crippen molar-refractivity contribution in [3.05, 3.63) is 90.1 Å². The second-order valence-electron chi connectivity index (χ2n) is 8.64. The van der Waals surface area contributed by atoms with E-state index in [4.69, 9.17) is 4.74 Å². The second kappa shape index (κ2) is 9.32. The van der Waals surface area contributed by atoms with Crippen LogP contribution in [0.5, 0.6) is 11.6 Å². The van der Waals surface area contributed by atoms with E-state index in [0.29, 0.717) is 50.7 Å². The number of halogens is 1. The number of imidazole rings is 2. The number of phenols is 1. The largest absolute Gasteiger partial charge is 0.507 e. The number of carbonyl (C=O) groups is 1. The van der Waals surface area contributed by atoms with Crippen LogP contribution in [0.25, 0.3) is 44.6 Å².